The van der Waals surface area contributed by atoms with Crippen LogP contribution in [0.2, 0.25) is 0 Å². The Kier molecular flexibility index (Phi) is 6.06. The number of aryl methyl sites for hydroxylation is 1. The number of rotatable bonds is 6. The number of benzene rings is 1. The molecule has 1 saturated heterocycles. The molecule has 5 rings (SSSR count). The van der Waals surface area contributed by atoms with Crippen LogP contribution >= 0.6 is 11.3 Å². The Balaban J connectivity index is 1.41. The van der Waals surface area contributed by atoms with Crippen LogP contribution in [0.4, 0.5) is 5.69 Å². The lowest BCUT2D eigenvalue weighted by atomic mass is 9.80. The molecule has 8 heteroatoms. The molecule has 1 aliphatic heterocycles. The smallest absolute Gasteiger partial charge is 0.254 e. The van der Waals surface area contributed by atoms with Gasteiger partial charge in [-0.3, -0.25) is 19.8 Å². The molecule has 174 valence electrons. The lowest BCUT2D eigenvalue weighted by Gasteiger charge is -2.38. The van der Waals surface area contributed by atoms with E-state index < -0.39 is 0 Å². The number of carbonyl (C=O) groups excluding carboxylic acids is 3. The third kappa shape index (κ3) is 4.41. The zero-order valence-electron chi connectivity index (χ0n) is 18.8. The summed E-state index contributed by atoms with van der Waals surface area (Å²) in [5, 5.41) is 1.29. The average Bonchev–Trinajstić information content (AvgIpc) is 3.52. The van der Waals surface area contributed by atoms with E-state index >= 15 is 0 Å². The fourth-order valence-corrected chi connectivity index (χ4v) is 5.40. The number of fused-ring (bicyclic) bond motifs is 1. The molecule has 1 N–H and O–H groups in total. The molecule has 2 aromatic heterocycles. The Morgan fingerprint density at radius 1 is 1.09 bits per heavy atom. The van der Waals surface area contributed by atoms with Gasteiger partial charge in [-0.1, -0.05) is 18.2 Å². The van der Waals surface area contributed by atoms with Gasteiger partial charge in [0.15, 0.2) is 0 Å². The van der Waals surface area contributed by atoms with Crippen LogP contribution in [0.1, 0.15) is 38.7 Å². The minimum Gasteiger partial charge on any atom is -0.467 e. The lowest BCUT2D eigenvalue weighted by Crippen LogP contribution is -2.59. The monoisotopic (exact) mass is 475 g/mol. The van der Waals surface area contributed by atoms with Crippen molar-refractivity contribution in [1.29, 1.82) is 0 Å². The van der Waals surface area contributed by atoms with Crippen LogP contribution in [0.15, 0.2) is 71.4 Å². The Labute approximate surface area is 201 Å². The molecule has 3 amide bonds. The maximum Gasteiger partial charge on any atom is 0.254 e. The van der Waals surface area contributed by atoms with Gasteiger partial charge in [-0.25, -0.2) is 5.01 Å². The second kappa shape index (κ2) is 9.30. The molecule has 2 unspecified atom stereocenters. The number of anilines is 1. The van der Waals surface area contributed by atoms with Crippen molar-refractivity contribution in [3.8, 4) is 0 Å². The van der Waals surface area contributed by atoms with Crippen molar-refractivity contribution >= 4 is 34.7 Å². The molecule has 3 heterocycles. The third-order valence-electron chi connectivity index (χ3n) is 6.24. The summed E-state index contributed by atoms with van der Waals surface area (Å²) in [5.74, 6) is -0.531. The van der Waals surface area contributed by atoms with Gasteiger partial charge in [0.25, 0.3) is 5.91 Å². The number of hydrogen-bond acceptors (Lipinski definition) is 5. The van der Waals surface area contributed by atoms with Gasteiger partial charge in [-0.05, 0) is 62.2 Å². The highest BCUT2D eigenvalue weighted by atomic mass is 32.1. The van der Waals surface area contributed by atoms with Gasteiger partial charge in [0.2, 0.25) is 11.8 Å². The number of nitrogens with one attached hydrogen (secondary N) is 1. The number of amides is 3. The van der Waals surface area contributed by atoms with Crippen LogP contribution in [0.5, 0.6) is 0 Å². The zero-order valence-corrected chi connectivity index (χ0v) is 19.6. The van der Waals surface area contributed by atoms with Crippen molar-refractivity contribution in [3.05, 3.63) is 88.0 Å². The molecule has 2 aliphatic rings. The normalized spacial score (nSPS) is 19.6. The van der Waals surface area contributed by atoms with Gasteiger partial charge < -0.3 is 9.32 Å². The van der Waals surface area contributed by atoms with Crippen molar-refractivity contribution in [1.82, 2.24) is 10.3 Å². The first kappa shape index (κ1) is 22.2. The fourth-order valence-electron chi connectivity index (χ4n) is 4.49. The van der Waals surface area contributed by atoms with Gasteiger partial charge in [0.05, 0.1) is 36.9 Å². The highest BCUT2D eigenvalue weighted by Crippen LogP contribution is 2.32. The molecule has 7 nitrogen and oxygen atoms in total. The molecule has 1 aromatic carbocycles. The van der Waals surface area contributed by atoms with E-state index in [0.717, 1.165) is 4.88 Å². The van der Waals surface area contributed by atoms with Crippen molar-refractivity contribution in [2.75, 3.05) is 5.01 Å². The average molecular weight is 476 g/mol. The highest BCUT2D eigenvalue weighted by molar-refractivity contribution is 7.11. The van der Waals surface area contributed by atoms with E-state index in [9.17, 15) is 14.4 Å². The van der Waals surface area contributed by atoms with E-state index in [4.69, 9.17) is 4.42 Å². The predicted molar refractivity (Wildman–Crippen MR) is 129 cm³/mol. The molecule has 0 spiro atoms. The van der Waals surface area contributed by atoms with E-state index in [0.29, 0.717) is 42.9 Å². The highest BCUT2D eigenvalue weighted by Gasteiger charge is 2.42. The van der Waals surface area contributed by atoms with Crippen LogP contribution in [0.25, 0.3) is 0 Å². The van der Waals surface area contributed by atoms with Crippen LogP contribution in [-0.2, 0) is 22.7 Å². The second-order valence-electron chi connectivity index (χ2n) is 8.61. The molecule has 0 radical (unpaired) electrons. The summed E-state index contributed by atoms with van der Waals surface area (Å²) in [5.41, 5.74) is 3.64. The summed E-state index contributed by atoms with van der Waals surface area (Å²) in [7, 11) is 0. The van der Waals surface area contributed by atoms with Crippen LogP contribution in [-0.4, -0.2) is 22.6 Å². The molecule has 2 atom stereocenters. The number of hydrogen-bond donors (Lipinski definition) is 1. The molecule has 34 heavy (non-hydrogen) atoms. The number of hydrazine groups is 1. The number of thiophene rings is 1. The summed E-state index contributed by atoms with van der Waals surface area (Å²) >= 11 is 1.65. The zero-order chi connectivity index (χ0) is 23.7. The third-order valence-corrected chi connectivity index (χ3v) is 7.22. The van der Waals surface area contributed by atoms with E-state index in [1.54, 1.807) is 52.8 Å². The van der Waals surface area contributed by atoms with Gasteiger partial charge in [-0.15, -0.1) is 11.3 Å². The first-order chi connectivity index (χ1) is 16.5. The van der Waals surface area contributed by atoms with E-state index in [1.165, 1.54) is 9.89 Å². The van der Waals surface area contributed by atoms with Crippen LogP contribution in [0, 0.1) is 18.8 Å². The number of allylic oxidation sites excluding steroid dienone is 2. The fraction of sp³-hybridized carbons (Fsp3) is 0.269. The Morgan fingerprint density at radius 3 is 2.65 bits per heavy atom. The molecule has 0 saturated carbocycles. The standard InChI is InChI=1S/C26H25N3O4S/c1-17-11-12-21(34-17)16-28(15-20-8-5-13-33-20)25(31)18-6-4-7-19(14-18)29-26(32)23-10-3-2-9-22(23)24(30)27-29/h2-8,11-14,22-23H,9-10,15-16H2,1H3,(H,27,30). The summed E-state index contributed by atoms with van der Waals surface area (Å²) in [6, 6.07) is 14.5. The molecule has 1 aliphatic carbocycles. The van der Waals surface area contributed by atoms with Crippen LogP contribution in [0.3, 0.4) is 0 Å². The van der Waals surface area contributed by atoms with Gasteiger partial charge >= 0.3 is 0 Å². The predicted octanol–water partition coefficient (Wildman–Crippen LogP) is 4.45. The Hall–Kier alpha value is -3.65. The Morgan fingerprint density at radius 2 is 1.91 bits per heavy atom. The molecular formula is C26H25N3O4S. The van der Waals surface area contributed by atoms with Crippen LogP contribution < -0.4 is 10.4 Å². The Bertz CT molecular complexity index is 1250. The first-order valence-electron chi connectivity index (χ1n) is 11.3. The van der Waals surface area contributed by atoms with Gasteiger partial charge in [0, 0.05) is 15.3 Å². The van der Waals surface area contributed by atoms with Crippen molar-refractivity contribution in [2.24, 2.45) is 11.8 Å². The minimum atomic E-state index is -0.379. The number of furan rings is 1. The summed E-state index contributed by atoms with van der Waals surface area (Å²) < 4.78 is 5.49. The maximum atomic E-state index is 13.6. The quantitative estimate of drug-likeness (QED) is 0.534. The van der Waals surface area contributed by atoms with E-state index in [-0.39, 0.29) is 29.6 Å². The van der Waals surface area contributed by atoms with Crippen molar-refractivity contribution in [3.63, 3.8) is 0 Å². The molecule has 1 fully saturated rings. The molecular weight excluding hydrogens is 450 g/mol. The summed E-state index contributed by atoms with van der Waals surface area (Å²) in [4.78, 5) is 43.3. The molecule has 3 aromatic rings. The van der Waals surface area contributed by atoms with E-state index in [2.05, 4.69) is 5.43 Å². The van der Waals surface area contributed by atoms with Gasteiger partial charge in [-0.2, -0.15) is 0 Å². The first-order valence-corrected chi connectivity index (χ1v) is 12.1. The molecule has 0 bridgehead atoms. The van der Waals surface area contributed by atoms with Crippen molar-refractivity contribution in [2.45, 2.75) is 32.9 Å². The summed E-state index contributed by atoms with van der Waals surface area (Å²) in [6.45, 7) is 2.80. The van der Waals surface area contributed by atoms with E-state index in [1.807, 2.05) is 37.3 Å². The lowest BCUT2D eigenvalue weighted by molar-refractivity contribution is -0.139. The minimum absolute atomic E-state index is 0.153. The topological polar surface area (TPSA) is 82.9 Å². The second-order valence-corrected chi connectivity index (χ2v) is 9.98. The van der Waals surface area contributed by atoms with Gasteiger partial charge in [0.1, 0.15) is 5.76 Å². The number of nitrogens with zero attached hydrogens (tertiary/aromatic N) is 2. The maximum absolute atomic E-state index is 13.6. The SMILES string of the molecule is Cc1ccc(CN(Cc2ccco2)C(=O)c2cccc(N3NC(=O)C4CC=CCC4C3=O)c2)s1. The number of carbonyl (C=O) groups is 3. The van der Waals surface area contributed by atoms with Crippen molar-refractivity contribution < 1.29 is 18.8 Å². The largest absolute Gasteiger partial charge is 0.467 e. The summed E-state index contributed by atoms with van der Waals surface area (Å²) in [6.07, 6.45) is 6.61.